The van der Waals surface area contributed by atoms with E-state index in [2.05, 4.69) is 24.1 Å². The Morgan fingerprint density at radius 1 is 0.844 bits per heavy atom. The van der Waals surface area contributed by atoms with Crippen LogP contribution in [0.4, 0.5) is 11.4 Å². The topological polar surface area (TPSA) is 91.4 Å². The van der Waals surface area contributed by atoms with Gasteiger partial charge in [0, 0.05) is 43.9 Å². The highest BCUT2D eigenvalue weighted by Crippen LogP contribution is 2.48. The zero-order valence-corrected chi connectivity index (χ0v) is 25.7. The quantitative estimate of drug-likeness (QED) is 0.456. The Hall–Kier alpha value is -4.79. The number of allylic oxidation sites excluding steroid dienone is 1. The van der Waals surface area contributed by atoms with Gasteiger partial charge >= 0.3 is 0 Å². The van der Waals surface area contributed by atoms with E-state index >= 15 is 0 Å². The maximum Gasteiger partial charge on any atom is 0.267 e. The van der Waals surface area contributed by atoms with Crippen molar-refractivity contribution in [3.8, 4) is 11.5 Å². The van der Waals surface area contributed by atoms with Crippen LogP contribution in [0.25, 0.3) is 0 Å². The average Bonchev–Trinajstić information content (AvgIpc) is 3.18. The third-order valence-electron chi connectivity index (χ3n) is 9.15. The van der Waals surface area contributed by atoms with Crippen LogP contribution in [-0.4, -0.2) is 72.8 Å². The fourth-order valence-corrected chi connectivity index (χ4v) is 6.98. The number of carbonyl (C=O) groups excluding carboxylic acids is 3. The summed E-state index contributed by atoms with van der Waals surface area (Å²) in [5.74, 6) is 1.13. The predicted octanol–water partition coefficient (Wildman–Crippen LogP) is 4.81. The molecule has 0 spiro atoms. The van der Waals surface area contributed by atoms with Crippen molar-refractivity contribution in [3.05, 3.63) is 95.7 Å². The highest BCUT2D eigenvalue weighted by Gasteiger charge is 2.42. The van der Waals surface area contributed by atoms with Crippen molar-refractivity contribution in [2.75, 3.05) is 49.5 Å². The van der Waals surface area contributed by atoms with Crippen LogP contribution < -0.4 is 19.7 Å². The van der Waals surface area contributed by atoms with Gasteiger partial charge in [0.15, 0.2) is 17.3 Å². The first kappa shape index (κ1) is 29.0. The number of hydrogen-bond donors (Lipinski definition) is 1. The van der Waals surface area contributed by atoms with Crippen molar-refractivity contribution in [1.29, 1.82) is 0 Å². The van der Waals surface area contributed by atoms with Crippen LogP contribution in [0.15, 0.2) is 90.1 Å². The summed E-state index contributed by atoms with van der Waals surface area (Å²) in [5, 5.41) is 3.61. The molecule has 0 aromatic heterocycles. The minimum absolute atomic E-state index is 0.0448. The molecule has 3 heterocycles. The fourth-order valence-electron chi connectivity index (χ4n) is 6.98. The van der Waals surface area contributed by atoms with Gasteiger partial charge in [-0.15, -0.1) is 0 Å². The Bertz CT molecular complexity index is 1660. The summed E-state index contributed by atoms with van der Waals surface area (Å²) in [6.07, 6.45) is 0.479. The number of ketones is 1. The first-order valence-electron chi connectivity index (χ1n) is 15.7. The summed E-state index contributed by atoms with van der Waals surface area (Å²) in [5.41, 5.74) is 4.22. The lowest BCUT2D eigenvalue weighted by molar-refractivity contribution is -0.145. The number of benzene rings is 3. The fraction of sp³-hybridized carbons (Fsp3) is 0.361. The molecule has 1 N–H and O–H groups in total. The Labute approximate surface area is 263 Å². The third kappa shape index (κ3) is 5.63. The maximum atomic E-state index is 14.0. The summed E-state index contributed by atoms with van der Waals surface area (Å²) < 4.78 is 11.7. The van der Waals surface area contributed by atoms with Crippen LogP contribution in [0.5, 0.6) is 11.5 Å². The Morgan fingerprint density at radius 2 is 1.51 bits per heavy atom. The zero-order chi connectivity index (χ0) is 31.1. The average molecular weight is 607 g/mol. The van der Waals surface area contributed by atoms with E-state index in [1.165, 1.54) is 0 Å². The van der Waals surface area contributed by atoms with Crippen LogP contribution in [0.3, 0.4) is 0 Å². The van der Waals surface area contributed by atoms with Crippen molar-refractivity contribution >= 4 is 29.0 Å². The monoisotopic (exact) mass is 606 g/mol. The number of anilines is 2. The largest absolute Gasteiger partial charge is 0.485 e. The molecule has 0 radical (unpaired) electrons. The summed E-state index contributed by atoms with van der Waals surface area (Å²) in [6.45, 7) is 6.16. The van der Waals surface area contributed by atoms with E-state index in [0.717, 1.165) is 34.6 Å². The lowest BCUT2D eigenvalue weighted by Gasteiger charge is -2.40. The van der Waals surface area contributed by atoms with Crippen LogP contribution in [0.1, 0.15) is 38.3 Å². The van der Waals surface area contributed by atoms with E-state index in [-0.39, 0.29) is 36.2 Å². The van der Waals surface area contributed by atoms with Gasteiger partial charge in [0.25, 0.3) is 5.91 Å². The van der Waals surface area contributed by atoms with Gasteiger partial charge in [0.05, 0.1) is 24.0 Å². The van der Waals surface area contributed by atoms with Gasteiger partial charge in [-0.3, -0.25) is 14.4 Å². The van der Waals surface area contributed by atoms with Gasteiger partial charge in [-0.25, -0.2) is 0 Å². The second-order valence-electron chi connectivity index (χ2n) is 13.0. The number of ether oxygens (including phenoxy) is 2. The van der Waals surface area contributed by atoms with E-state index in [0.29, 0.717) is 44.1 Å². The van der Waals surface area contributed by atoms with Crippen molar-refractivity contribution in [3.63, 3.8) is 0 Å². The molecule has 3 aromatic rings. The van der Waals surface area contributed by atoms with Crippen molar-refractivity contribution < 1.29 is 23.9 Å². The van der Waals surface area contributed by atoms with Gasteiger partial charge in [-0.2, -0.15) is 0 Å². The molecule has 9 heteroatoms. The number of nitrogens with zero attached hydrogens (tertiary/aromatic N) is 3. The van der Waals surface area contributed by atoms with Gasteiger partial charge < -0.3 is 29.5 Å². The Balaban J connectivity index is 1.12. The number of rotatable bonds is 4. The lowest BCUT2D eigenvalue weighted by atomic mass is 9.73. The van der Waals surface area contributed by atoms with E-state index in [9.17, 15) is 14.4 Å². The molecule has 7 rings (SSSR count). The number of fused-ring (bicyclic) bond motifs is 2. The van der Waals surface area contributed by atoms with E-state index in [1.54, 1.807) is 11.0 Å². The minimum atomic E-state index is -0.713. The summed E-state index contributed by atoms with van der Waals surface area (Å²) in [6, 6.07) is 24.9. The standard InChI is InChI=1S/C36H38N4O5/c1-36(2)20-26-33(28(41)21-36)34(24-10-4-3-5-11-24)40(27-13-7-6-12-25(27)37-26)22-32(42)38-16-18-39(19-17-38)35(43)31-23-44-29-14-8-9-15-30(29)45-31/h3-15,31,34,37H,16-23H2,1-2H3. The molecular formula is C36H38N4O5. The lowest BCUT2D eigenvalue weighted by Crippen LogP contribution is -2.56. The first-order chi connectivity index (χ1) is 21.8. The zero-order valence-electron chi connectivity index (χ0n) is 25.7. The molecule has 0 bridgehead atoms. The van der Waals surface area contributed by atoms with Crippen molar-refractivity contribution in [2.24, 2.45) is 5.41 Å². The molecule has 4 aliphatic rings. The molecule has 1 aliphatic carbocycles. The number of piperazine rings is 1. The number of nitrogens with one attached hydrogen (secondary N) is 1. The number of Topliss-reactive ketones (excluding diaryl/α,β-unsaturated/α-hetero) is 1. The SMILES string of the molecule is CC1(C)CC(=O)C2=C(C1)Nc1ccccc1N(CC(=O)N1CCN(C(=O)C3COc4ccccc4O3)CC1)C2c1ccccc1. The Morgan fingerprint density at radius 3 is 2.29 bits per heavy atom. The van der Waals surface area contributed by atoms with Crippen molar-refractivity contribution in [1.82, 2.24) is 9.80 Å². The van der Waals surface area contributed by atoms with Crippen molar-refractivity contribution in [2.45, 2.75) is 38.8 Å². The van der Waals surface area contributed by atoms with Gasteiger partial charge in [-0.1, -0.05) is 68.4 Å². The van der Waals surface area contributed by atoms with Crippen LogP contribution in [-0.2, 0) is 14.4 Å². The summed E-state index contributed by atoms with van der Waals surface area (Å²) in [4.78, 5) is 46.9. The number of amides is 2. The number of carbonyl (C=O) groups is 3. The predicted molar refractivity (Wildman–Crippen MR) is 171 cm³/mol. The summed E-state index contributed by atoms with van der Waals surface area (Å²) in [7, 11) is 0. The molecule has 2 amide bonds. The number of hydrogen-bond acceptors (Lipinski definition) is 7. The van der Waals surface area contributed by atoms with Gasteiger partial charge in [0.2, 0.25) is 12.0 Å². The molecule has 3 aromatic carbocycles. The minimum Gasteiger partial charge on any atom is -0.485 e. The van der Waals surface area contributed by atoms with Gasteiger partial charge in [0.1, 0.15) is 6.61 Å². The highest BCUT2D eigenvalue weighted by molar-refractivity contribution is 6.02. The number of para-hydroxylation sites is 4. The maximum absolute atomic E-state index is 14.0. The molecule has 2 unspecified atom stereocenters. The molecule has 9 nitrogen and oxygen atoms in total. The van der Waals surface area contributed by atoms with Crippen LogP contribution in [0.2, 0.25) is 0 Å². The van der Waals surface area contributed by atoms with E-state index in [1.807, 2.05) is 77.7 Å². The molecule has 232 valence electrons. The molecule has 0 saturated carbocycles. The second kappa shape index (κ2) is 11.6. The highest BCUT2D eigenvalue weighted by atomic mass is 16.6. The third-order valence-corrected chi connectivity index (χ3v) is 9.15. The molecule has 45 heavy (non-hydrogen) atoms. The molecule has 3 aliphatic heterocycles. The van der Waals surface area contributed by atoms with Crippen LogP contribution >= 0.6 is 0 Å². The van der Waals surface area contributed by atoms with Crippen LogP contribution in [0, 0.1) is 5.41 Å². The smallest absolute Gasteiger partial charge is 0.267 e. The molecule has 1 saturated heterocycles. The molecular weight excluding hydrogens is 568 g/mol. The molecule has 1 fully saturated rings. The Kier molecular flexibility index (Phi) is 7.47. The van der Waals surface area contributed by atoms with E-state index < -0.39 is 12.1 Å². The first-order valence-corrected chi connectivity index (χ1v) is 15.7. The van der Waals surface area contributed by atoms with Gasteiger partial charge in [-0.05, 0) is 41.7 Å². The summed E-state index contributed by atoms with van der Waals surface area (Å²) >= 11 is 0. The molecule has 2 atom stereocenters. The second-order valence-corrected chi connectivity index (χ2v) is 13.0. The normalized spacial score (nSPS) is 22.2. The van der Waals surface area contributed by atoms with E-state index in [4.69, 9.17) is 9.47 Å².